The summed E-state index contributed by atoms with van der Waals surface area (Å²) in [6.07, 6.45) is 0.279. The van der Waals surface area contributed by atoms with E-state index in [-0.39, 0.29) is 24.3 Å². The molecule has 0 fully saturated rings. The summed E-state index contributed by atoms with van der Waals surface area (Å²) in [5, 5.41) is 27.7. The van der Waals surface area contributed by atoms with Crippen molar-refractivity contribution in [3.8, 4) is 17.2 Å². The van der Waals surface area contributed by atoms with Crippen LogP contribution in [0.4, 0.5) is 0 Å². The maximum Gasteiger partial charge on any atom is 0.320 e. The molecule has 0 aliphatic rings. The summed E-state index contributed by atoms with van der Waals surface area (Å²) in [5.74, 6) is -1.68. The lowest BCUT2D eigenvalue weighted by Crippen LogP contribution is -2.32. The van der Waals surface area contributed by atoms with Gasteiger partial charge in [-0.2, -0.15) is 0 Å². The van der Waals surface area contributed by atoms with Gasteiger partial charge in [0.25, 0.3) is 0 Å². The predicted molar refractivity (Wildman–Crippen MR) is 93.3 cm³/mol. The Morgan fingerprint density at radius 3 is 1.88 bits per heavy atom. The summed E-state index contributed by atoms with van der Waals surface area (Å²) >= 11 is 0. The molecule has 2 atom stereocenters. The van der Waals surface area contributed by atoms with Crippen LogP contribution < -0.4 is 16.2 Å². The van der Waals surface area contributed by atoms with E-state index in [0.29, 0.717) is 11.3 Å². The molecular formula is C18H20N2O6. The molecule has 0 saturated carbocycles. The van der Waals surface area contributed by atoms with Crippen LogP contribution in [0.1, 0.15) is 11.1 Å². The topological polar surface area (TPSA) is 156 Å². The van der Waals surface area contributed by atoms with Crippen LogP contribution >= 0.6 is 0 Å². The van der Waals surface area contributed by atoms with Gasteiger partial charge in [0.1, 0.15) is 17.8 Å². The molecule has 8 nitrogen and oxygen atoms in total. The Hall–Kier alpha value is -3.10. The number of ether oxygens (including phenoxy) is 1. The number of nitrogens with two attached hydrogens (primary N) is 2. The third-order valence-corrected chi connectivity index (χ3v) is 3.72. The fraction of sp³-hybridized carbons (Fsp3) is 0.222. The van der Waals surface area contributed by atoms with Crippen molar-refractivity contribution in [2.24, 2.45) is 11.5 Å². The number of phenolic OH excluding ortho intramolecular Hbond substituents is 1. The van der Waals surface area contributed by atoms with Crippen molar-refractivity contribution in [1.82, 2.24) is 0 Å². The molecule has 0 unspecified atom stereocenters. The van der Waals surface area contributed by atoms with Crippen LogP contribution in [0.2, 0.25) is 0 Å². The highest BCUT2D eigenvalue weighted by Crippen LogP contribution is 2.31. The number of hydrogen-bond acceptors (Lipinski definition) is 6. The Labute approximate surface area is 149 Å². The van der Waals surface area contributed by atoms with Gasteiger partial charge in [-0.3, -0.25) is 9.59 Å². The summed E-state index contributed by atoms with van der Waals surface area (Å²) < 4.78 is 5.58. The van der Waals surface area contributed by atoms with Crippen molar-refractivity contribution < 1.29 is 29.6 Å². The van der Waals surface area contributed by atoms with Crippen molar-refractivity contribution in [2.75, 3.05) is 0 Å². The molecule has 0 amide bonds. The van der Waals surface area contributed by atoms with Gasteiger partial charge in [0.05, 0.1) is 0 Å². The Morgan fingerprint density at radius 2 is 1.38 bits per heavy atom. The van der Waals surface area contributed by atoms with E-state index in [2.05, 4.69) is 0 Å². The molecule has 0 bridgehead atoms. The first-order valence-electron chi connectivity index (χ1n) is 7.81. The van der Waals surface area contributed by atoms with E-state index in [1.165, 1.54) is 12.1 Å². The van der Waals surface area contributed by atoms with Crippen LogP contribution in [-0.2, 0) is 22.4 Å². The molecular weight excluding hydrogens is 340 g/mol. The minimum atomic E-state index is -1.12. The summed E-state index contributed by atoms with van der Waals surface area (Å²) in [6, 6.07) is 9.17. The average Bonchev–Trinajstić information content (AvgIpc) is 2.58. The highest BCUT2D eigenvalue weighted by molar-refractivity contribution is 5.74. The third-order valence-electron chi connectivity index (χ3n) is 3.72. The van der Waals surface area contributed by atoms with Crippen molar-refractivity contribution in [3.63, 3.8) is 0 Å². The van der Waals surface area contributed by atoms with E-state index in [0.717, 1.165) is 5.56 Å². The number of carboxylic acid groups (broad SMARTS) is 2. The van der Waals surface area contributed by atoms with Gasteiger partial charge in [-0.15, -0.1) is 0 Å². The normalized spacial score (nSPS) is 13.0. The molecule has 138 valence electrons. The van der Waals surface area contributed by atoms with Crippen LogP contribution in [0.25, 0.3) is 0 Å². The number of hydrogen-bond donors (Lipinski definition) is 5. The fourth-order valence-corrected chi connectivity index (χ4v) is 2.28. The van der Waals surface area contributed by atoms with E-state index >= 15 is 0 Å². The molecule has 8 heteroatoms. The molecule has 0 saturated heterocycles. The molecule has 0 radical (unpaired) electrons. The lowest BCUT2D eigenvalue weighted by molar-refractivity contribution is -0.139. The predicted octanol–water partition coefficient (Wildman–Crippen LogP) is 1.09. The smallest absolute Gasteiger partial charge is 0.320 e. The van der Waals surface area contributed by atoms with Crippen LogP contribution in [0, 0.1) is 0 Å². The summed E-state index contributed by atoms with van der Waals surface area (Å²) in [7, 11) is 0. The lowest BCUT2D eigenvalue weighted by Gasteiger charge is -2.11. The van der Waals surface area contributed by atoms with Gasteiger partial charge in [-0.1, -0.05) is 18.2 Å². The molecule has 0 aliphatic heterocycles. The van der Waals surface area contributed by atoms with Gasteiger partial charge in [0, 0.05) is 0 Å². The quantitative estimate of drug-likeness (QED) is 0.468. The molecule has 0 spiro atoms. The van der Waals surface area contributed by atoms with Crippen molar-refractivity contribution >= 4 is 11.9 Å². The van der Waals surface area contributed by atoms with Gasteiger partial charge in [-0.05, 0) is 48.2 Å². The number of phenols is 1. The largest absolute Gasteiger partial charge is 0.504 e. The number of carboxylic acids is 2. The van der Waals surface area contributed by atoms with Gasteiger partial charge in [0.2, 0.25) is 0 Å². The van der Waals surface area contributed by atoms with Gasteiger partial charge in [-0.25, -0.2) is 0 Å². The van der Waals surface area contributed by atoms with Gasteiger partial charge in [0.15, 0.2) is 11.5 Å². The molecule has 26 heavy (non-hydrogen) atoms. The number of rotatable bonds is 8. The summed E-state index contributed by atoms with van der Waals surface area (Å²) in [6.45, 7) is 0. The SMILES string of the molecule is N[C@@H](Cc1ccc(Oc2ccc(C[C@H](N)C(=O)O)cc2O)cc1)C(=O)O. The Bertz CT molecular complexity index is 791. The molecule has 2 rings (SSSR count). The fourth-order valence-electron chi connectivity index (χ4n) is 2.28. The maximum atomic E-state index is 10.8. The second-order valence-electron chi connectivity index (χ2n) is 5.85. The number of aromatic hydroxyl groups is 1. The zero-order valence-corrected chi connectivity index (χ0v) is 13.8. The third kappa shape index (κ3) is 5.20. The molecule has 0 heterocycles. The van der Waals surface area contributed by atoms with Crippen LogP contribution in [0.3, 0.4) is 0 Å². The summed E-state index contributed by atoms with van der Waals surface area (Å²) in [5.41, 5.74) is 12.3. The average molecular weight is 360 g/mol. The number of carbonyl (C=O) groups is 2. The lowest BCUT2D eigenvalue weighted by atomic mass is 10.1. The number of aliphatic carboxylic acids is 2. The van der Waals surface area contributed by atoms with Crippen LogP contribution in [-0.4, -0.2) is 39.3 Å². The minimum absolute atomic E-state index is 0.0850. The molecule has 0 aliphatic carbocycles. The Kier molecular flexibility index (Phi) is 6.16. The maximum absolute atomic E-state index is 10.8. The van der Waals surface area contributed by atoms with Crippen molar-refractivity contribution in [1.29, 1.82) is 0 Å². The minimum Gasteiger partial charge on any atom is -0.504 e. The first-order chi connectivity index (χ1) is 12.3. The number of benzene rings is 2. The second-order valence-corrected chi connectivity index (χ2v) is 5.85. The van der Waals surface area contributed by atoms with E-state index in [1.807, 2.05) is 0 Å². The summed E-state index contributed by atoms with van der Waals surface area (Å²) in [4.78, 5) is 21.5. The van der Waals surface area contributed by atoms with E-state index < -0.39 is 24.0 Å². The second kappa shape index (κ2) is 8.32. The highest BCUT2D eigenvalue weighted by atomic mass is 16.5. The molecule has 2 aromatic carbocycles. The molecule has 0 aromatic heterocycles. The first kappa shape index (κ1) is 19.2. The first-order valence-corrected chi connectivity index (χ1v) is 7.81. The van der Waals surface area contributed by atoms with Crippen LogP contribution in [0.5, 0.6) is 17.2 Å². The molecule has 7 N–H and O–H groups in total. The zero-order chi connectivity index (χ0) is 19.3. The Balaban J connectivity index is 2.04. The monoisotopic (exact) mass is 360 g/mol. The van der Waals surface area contributed by atoms with E-state index in [4.69, 9.17) is 26.4 Å². The van der Waals surface area contributed by atoms with Crippen molar-refractivity contribution in [2.45, 2.75) is 24.9 Å². The van der Waals surface area contributed by atoms with E-state index in [9.17, 15) is 14.7 Å². The Morgan fingerprint density at radius 1 is 0.885 bits per heavy atom. The van der Waals surface area contributed by atoms with Gasteiger partial charge >= 0.3 is 11.9 Å². The standard InChI is InChI=1S/C18H20N2O6/c19-13(17(22)23)7-10-1-4-12(5-2-10)26-16-6-3-11(9-15(16)21)8-14(20)18(24)25/h1-6,9,13-14,21H,7-8,19-20H2,(H,22,23)(H,24,25)/t13-,14-/m0/s1. The van der Waals surface area contributed by atoms with E-state index in [1.54, 1.807) is 30.3 Å². The molecule has 2 aromatic rings. The zero-order valence-electron chi connectivity index (χ0n) is 13.8. The van der Waals surface area contributed by atoms with Gasteiger partial charge < -0.3 is 31.5 Å². The van der Waals surface area contributed by atoms with Crippen molar-refractivity contribution in [3.05, 3.63) is 53.6 Å². The highest BCUT2D eigenvalue weighted by Gasteiger charge is 2.14. The van der Waals surface area contributed by atoms with Crippen LogP contribution in [0.15, 0.2) is 42.5 Å².